The average molecular weight is 290 g/mol. The molecule has 1 amide bonds. The Kier molecular flexibility index (Phi) is 3.56. The highest BCUT2D eigenvalue weighted by molar-refractivity contribution is 5.79. The van der Waals surface area contributed by atoms with Crippen molar-refractivity contribution < 1.29 is 4.79 Å². The first kappa shape index (κ1) is 14.6. The van der Waals surface area contributed by atoms with Crippen molar-refractivity contribution in [3.8, 4) is 0 Å². The fourth-order valence-electron chi connectivity index (χ4n) is 3.97. The number of aryl methyl sites for hydroxylation is 2. The first-order valence-electron chi connectivity index (χ1n) is 7.91. The number of aromatic amines is 1. The van der Waals surface area contributed by atoms with Crippen LogP contribution < -0.4 is 0 Å². The number of nitrogens with one attached hydrogen (secondary N) is 1. The third kappa shape index (κ3) is 2.71. The summed E-state index contributed by atoms with van der Waals surface area (Å²) in [5.74, 6) is 0.271. The summed E-state index contributed by atoms with van der Waals surface area (Å²) < 4.78 is 0. The van der Waals surface area contributed by atoms with Gasteiger partial charge in [-0.05, 0) is 32.1 Å². The zero-order valence-corrected chi connectivity index (χ0v) is 13.6. The molecular weight excluding hydrogens is 264 g/mol. The molecule has 0 bridgehead atoms. The standard InChI is InChI=1S/C16H26N4O/c1-11-15(12(2)18-17-11)13-6-5-7-20(13)14(21)8-19-9-16(3,4)10-19/h13H,5-10H2,1-4H3,(H,17,18). The normalized spacial score (nSPS) is 25.1. The Labute approximate surface area is 126 Å². The van der Waals surface area contributed by atoms with Gasteiger partial charge in [0, 0.05) is 30.9 Å². The predicted octanol–water partition coefficient (Wildman–Crippen LogP) is 2.03. The van der Waals surface area contributed by atoms with Gasteiger partial charge in [0.15, 0.2) is 0 Å². The van der Waals surface area contributed by atoms with Crippen LogP contribution in [0, 0.1) is 19.3 Å². The van der Waals surface area contributed by atoms with E-state index in [0.717, 1.165) is 43.9 Å². The van der Waals surface area contributed by atoms with Crippen LogP contribution in [0.5, 0.6) is 0 Å². The maximum absolute atomic E-state index is 12.6. The van der Waals surface area contributed by atoms with Gasteiger partial charge < -0.3 is 4.90 Å². The molecule has 3 rings (SSSR count). The summed E-state index contributed by atoms with van der Waals surface area (Å²) in [4.78, 5) is 17.0. The Morgan fingerprint density at radius 1 is 1.38 bits per heavy atom. The zero-order valence-electron chi connectivity index (χ0n) is 13.6. The molecule has 1 aromatic rings. The van der Waals surface area contributed by atoms with E-state index >= 15 is 0 Å². The van der Waals surface area contributed by atoms with Crippen LogP contribution in [0.15, 0.2) is 0 Å². The second-order valence-electron chi connectivity index (χ2n) is 7.40. The van der Waals surface area contributed by atoms with Crippen LogP contribution in [-0.4, -0.2) is 52.1 Å². The lowest BCUT2D eigenvalue weighted by atomic mass is 9.84. The molecule has 2 saturated heterocycles. The number of rotatable bonds is 3. The average Bonchev–Trinajstić information content (AvgIpc) is 2.94. The van der Waals surface area contributed by atoms with Crippen LogP contribution in [-0.2, 0) is 4.79 Å². The van der Waals surface area contributed by atoms with Crippen LogP contribution in [0.3, 0.4) is 0 Å². The molecule has 0 radical (unpaired) electrons. The molecule has 5 nitrogen and oxygen atoms in total. The van der Waals surface area contributed by atoms with E-state index in [9.17, 15) is 4.79 Å². The predicted molar refractivity (Wildman–Crippen MR) is 82.0 cm³/mol. The summed E-state index contributed by atoms with van der Waals surface area (Å²) in [6.45, 7) is 12.1. The van der Waals surface area contributed by atoms with E-state index in [1.807, 2.05) is 13.8 Å². The second-order valence-corrected chi connectivity index (χ2v) is 7.40. The summed E-state index contributed by atoms with van der Waals surface area (Å²) in [7, 11) is 0. The van der Waals surface area contributed by atoms with E-state index in [4.69, 9.17) is 0 Å². The van der Waals surface area contributed by atoms with Crippen LogP contribution in [0.2, 0.25) is 0 Å². The van der Waals surface area contributed by atoms with Gasteiger partial charge in [0.25, 0.3) is 0 Å². The lowest BCUT2D eigenvalue weighted by Crippen LogP contribution is -2.56. The molecule has 3 heterocycles. The van der Waals surface area contributed by atoms with Gasteiger partial charge in [0.05, 0.1) is 18.3 Å². The number of H-pyrrole nitrogens is 1. The van der Waals surface area contributed by atoms with E-state index < -0.39 is 0 Å². The van der Waals surface area contributed by atoms with Gasteiger partial charge in [-0.1, -0.05) is 13.8 Å². The molecule has 2 fully saturated rings. The summed E-state index contributed by atoms with van der Waals surface area (Å²) in [6, 6.07) is 0.213. The molecule has 0 saturated carbocycles. The Morgan fingerprint density at radius 2 is 2.10 bits per heavy atom. The molecule has 0 aliphatic carbocycles. The van der Waals surface area contributed by atoms with Crippen molar-refractivity contribution in [1.29, 1.82) is 0 Å². The van der Waals surface area contributed by atoms with E-state index in [2.05, 4.69) is 33.8 Å². The monoisotopic (exact) mass is 290 g/mol. The minimum absolute atomic E-state index is 0.213. The number of likely N-dealkylation sites (tertiary alicyclic amines) is 2. The Hall–Kier alpha value is -1.36. The van der Waals surface area contributed by atoms with E-state index in [1.54, 1.807) is 0 Å². The Balaban J connectivity index is 1.68. The minimum Gasteiger partial charge on any atom is -0.334 e. The van der Waals surface area contributed by atoms with Gasteiger partial charge in [-0.15, -0.1) is 0 Å². The van der Waals surface area contributed by atoms with Crippen molar-refractivity contribution >= 4 is 5.91 Å². The van der Waals surface area contributed by atoms with Crippen molar-refractivity contribution in [2.75, 3.05) is 26.2 Å². The van der Waals surface area contributed by atoms with Crippen LogP contribution in [0.25, 0.3) is 0 Å². The van der Waals surface area contributed by atoms with Gasteiger partial charge in [-0.2, -0.15) is 5.10 Å². The molecule has 0 spiro atoms. The molecule has 1 aromatic heterocycles. The molecule has 2 aliphatic heterocycles. The number of carbonyl (C=O) groups is 1. The molecule has 1 N–H and O–H groups in total. The zero-order chi connectivity index (χ0) is 15.2. The van der Waals surface area contributed by atoms with Gasteiger partial charge in [0.2, 0.25) is 5.91 Å². The molecule has 2 aliphatic rings. The highest BCUT2D eigenvalue weighted by Gasteiger charge is 2.38. The fourth-order valence-corrected chi connectivity index (χ4v) is 3.97. The molecular formula is C16H26N4O. The molecule has 1 atom stereocenters. The molecule has 5 heteroatoms. The number of nitrogens with zero attached hydrogens (tertiary/aromatic N) is 3. The molecule has 116 valence electrons. The highest BCUT2D eigenvalue weighted by Crippen LogP contribution is 2.35. The third-order valence-electron chi connectivity index (χ3n) is 4.75. The minimum atomic E-state index is 0.213. The molecule has 21 heavy (non-hydrogen) atoms. The lowest BCUT2D eigenvalue weighted by Gasteiger charge is -2.46. The number of aromatic nitrogens is 2. The van der Waals surface area contributed by atoms with E-state index in [1.165, 1.54) is 5.56 Å². The van der Waals surface area contributed by atoms with Crippen molar-refractivity contribution in [3.05, 3.63) is 17.0 Å². The van der Waals surface area contributed by atoms with Crippen LogP contribution in [0.1, 0.15) is 49.7 Å². The maximum Gasteiger partial charge on any atom is 0.237 e. The number of hydrogen-bond acceptors (Lipinski definition) is 3. The Bertz CT molecular complexity index is 521. The first-order valence-corrected chi connectivity index (χ1v) is 7.91. The summed E-state index contributed by atoms with van der Waals surface area (Å²) in [5.41, 5.74) is 3.73. The van der Waals surface area contributed by atoms with Gasteiger partial charge in [-0.3, -0.25) is 14.8 Å². The molecule has 1 unspecified atom stereocenters. The topological polar surface area (TPSA) is 52.2 Å². The number of carbonyl (C=O) groups excluding carboxylic acids is 1. The van der Waals surface area contributed by atoms with Crippen molar-refractivity contribution in [2.24, 2.45) is 5.41 Å². The SMILES string of the molecule is Cc1n[nH]c(C)c1C1CCCN1C(=O)CN1CC(C)(C)C1. The summed E-state index contributed by atoms with van der Waals surface area (Å²) in [6.07, 6.45) is 2.14. The third-order valence-corrected chi connectivity index (χ3v) is 4.75. The van der Waals surface area contributed by atoms with E-state index in [0.29, 0.717) is 12.0 Å². The van der Waals surface area contributed by atoms with Crippen molar-refractivity contribution in [1.82, 2.24) is 20.0 Å². The first-order chi connectivity index (χ1) is 9.87. The fraction of sp³-hybridized carbons (Fsp3) is 0.750. The van der Waals surface area contributed by atoms with E-state index in [-0.39, 0.29) is 11.9 Å². The Morgan fingerprint density at radius 3 is 2.67 bits per heavy atom. The van der Waals surface area contributed by atoms with Crippen molar-refractivity contribution in [2.45, 2.75) is 46.6 Å². The lowest BCUT2D eigenvalue weighted by molar-refractivity contribution is -0.136. The highest BCUT2D eigenvalue weighted by atomic mass is 16.2. The van der Waals surface area contributed by atoms with Crippen LogP contribution in [0.4, 0.5) is 0 Å². The van der Waals surface area contributed by atoms with Gasteiger partial charge >= 0.3 is 0 Å². The second kappa shape index (κ2) is 5.13. The number of hydrogen-bond donors (Lipinski definition) is 1. The van der Waals surface area contributed by atoms with Gasteiger partial charge in [-0.25, -0.2) is 0 Å². The quantitative estimate of drug-likeness (QED) is 0.927. The smallest absolute Gasteiger partial charge is 0.237 e. The van der Waals surface area contributed by atoms with Crippen LogP contribution >= 0.6 is 0 Å². The maximum atomic E-state index is 12.6. The molecule has 0 aromatic carbocycles. The van der Waals surface area contributed by atoms with Gasteiger partial charge in [0.1, 0.15) is 0 Å². The number of amides is 1. The summed E-state index contributed by atoms with van der Waals surface area (Å²) >= 11 is 0. The largest absolute Gasteiger partial charge is 0.334 e. The summed E-state index contributed by atoms with van der Waals surface area (Å²) in [5, 5.41) is 7.34. The van der Waals surface area contributed by atoms with Crippen molar-refractivity contribution in [3.63, 3.8) is 0 Å².